The molecule has 0 bridgehead atoms. The van der Waals surface area contributed by atoms with Crippen LogP contribution in [0.1, 0.15) is 46.0 Å². The zero-order chi connectivity index (χ0) is 14.0. The van der Waals surface area contributed by atoms with E-state index < -0.39 is 12.0 Å². The van der Waals surface area contributed by atoms with Crippen LogP contribution in [-0.2, 0) is 9.59 Å². The molecule has 0 aromatic rings. The molecule has 5 heteroatoms. The molecule has 1 amide bonds. The van der Waals surface area contributed by atoms with E-state index in [1.54, 1.807) is 0 Å². The number of carbonyl (C=O) groups excluding carboxylic acids is 1. The molecule has 1 saturated heterocycles. The zero-order valence-corrected chi connectivity index (χ0v) is 11.8. The van der Waals surface area contributed by atoms with E-state index in [1.807, 2.05) is 0 Å². The van der Waals surface area contributed by atoms with E-state index in [-0.39, 0.29) is 12.3 Å². The molecule has 1 atom stereocenters. The number of hydrogen-bond acceptors (Lipinski definition) is 3. The second-order valence-corrected chi connectivity index (χ2v) is 6.54. The first-order valence-electron chi connectivity index (χ1n) is 7.14. The fraction of sp³-hybridized carbons (Fsp3) is 0.857. The van der Waals surface area contributed by atoms with E-state index in [2.05, 4.69) is 24.1 Å². The number of carboxylic acid groups (broad SMARTS) is 1. The topological polar surface area (TPSA) is 69.6 Å². The second kappa shape index (κ2) is 5.49. The van der Waals surface area contributed by atoms with Crippen LogP contribution in [-0.4, -0.2) is 47.1 Å². The summed E-state index contributed by atoms with van der Waals surface area (Å²) in [7, 11) is 0. The SMILES string of the molecule is CC1(C)CCC(N2CCNC(=O)C2CC(=O)O)CC1. The summed E-state index contributed by atoms with van der Waals surface area (Å²) < 4.78 is 0. The van der Waals surface area contributed by atoms with E-state index >= 15 is 0 Å². The van der Waals surface area contributed by atoms with E-state index in [0.29, 0.717) is 18.0 Å². The zero-order valence-electron chi connectivity index (χ0n) is 11.8. The summed E-state index contributed by atoms with van der Waals surface area (Å²) in [6.07, 6.45) is 4.34. The minimum atomic E-state index is -0.900. The second-order valence-electron chi connectivity index (χ2n) is 6.54. The van der Waals surface area contributed by atoms with Crippen molar-refractivity contribution < 1.29 is 14.7 Å². The summed E-state index contributed by atoms with van der Waals surface area (Å²) in [6, 6.07) is -0.124. The number of aliphatic carboxylic acids is 1. The van der Waals surface area contributed by atoms with Crippen molar-refractivity contribution in [2.24, 2.45) is 5.41 Å². The molecule has 5 nitrogen and oxygen atoms in total. The van der Waals surface area contributed by atoms with Crippen LogP contribution in [0.25, 0.3) is 0 Å². The molecule has 0 radical (unpaired) electrons. The predicted octanol–water partition coefficient (Wildman–Crippen LogP) is 1.23. The molecule has 2 N–H and O–H groups in total. The van der Waals surface area contributed by atoms with Crippen LogP contribution in [0.15, 0.2) is 0 Å². The lowest BCUT2D eigenvalue weighted by atomic mass is 9.75. The fourth-order valence-electron chi connectivity index (χ4n) is 3.26. The fourth-order valence-corrected chi connectivity index (χ4v) is 3.26. The molecule has 1 aliphatic carbocycles. The van der Waals surface area contributed by atoms with Gasteiger partial charge in [0, 0.05) is 19.1 Å². The molecule has 2 rings (SSSR count). The van der Waals surface area contributed by atoms with Gasteiger partial charge in [-0.1, -0.05) is 13.8 Å². The molecule has 0 aromatic carbocycles. The molecule has 2 fully saturated rings. The third-order valence-corrected chi connectivity index (χ3v) is 4.52. The maximum Gasteiger partial charge on any atom is 0.305 e. The number of amides is 1. The Labute approximate surface area is 114 Å². The van der Waals surface area contributed by atoms with E-state index in [0.717, 1.165) is 32.2 Å². The Kier molecular flexibility index (Phi) is 4.13. The molecule has 1 aliphatic heterocycles. The number of hydrogen-bond donors (Lipinski definition) is 2. The van der Waals surface area contributed by atoms with Crippen LogP contribution >= 0.6 is 0 Å². The molecule has 2 aliphatic rings. The first kappa shape index (κ1) is 14.3. The highest BCUT2D eigenvalue weighted by atomic mass is 16.4. The van der Waals surface area contributed by atoms with Crippen molar-refractivity contribution in [3.8, 4) is 0 Å². The van der Waals surface area contributed by atoms with Crippen LogP contribution in [0.3, 0.4) is 0 Å². The molecule has 108 valence electrons. The van der Waals surface area contributed by atoms with Gasteiger partial charge in [-0.15, -0.1) is 0 Å². The van der Waals surface area contributed by atoms with Crippen molar-refractivity contribution in [1.82, 2.24) is 10.2 Å². The quantitative estimate of drug-likeness (QED) is 0.807. The Morgan fingerprint density at radius 3 is 2.63 bits per heavy atom. The van der Waals surface area contributed by atoms with E-state index in [4.69, 9.17) is 5.11 Å². The van der Waals surface area contributed by atoms with Gasteiger partial charge in [-0.3, -0.25) is 14.5 Å². The van der Waals surface area contributed by atoms with Gasteiger partial charge in [-0.2, -0.15) is 0 Å². The van der Waals surface area contributed by atoms with Gasteiger partial charge < -0.3 is 10.4 Å². The minimum Gasteiger partial charge on any atom is -0.481 e. The van der Waals surface area contributed by atoms with Crippen LogP contribution in [0.4, 0.5) is 0 Å². The normalized spacial score (nSPS) is 28.9. The molecule has 0 aromatic heterocycles. The maximum atomic E-state index is 11.9. The molecule has 1 heterocycles. The Bertz CT molecular complexity index is 358. The monoisotopic (exact) mass is 268 g/mol. The predicted molar refractivity (Wildman–Crippen MR) is 71.8 cm³/mol. The van der Waals surface area contributed by atoms with Gasteiger partial charge in [-0.25, -0.2) is 0 Å². The molecule has 1 unspecified atom stereocenters. The minimum absolute atomic E-state index is 0.0915. The summed E-state index contributed by atoms with van der Waals surface area (Å²) in [6.45, 7) is 5.96. The summed E-state index contributed by atoms with van der Waals surface area (Å²) in [4.78, 5) is 25.0. The van der Waals surface area contributed by atoms with Gasteiger partial charge >= 0.3 is 5.97 Å². The van der Waals surface area contributed by atoms with Crippen molar-refractivity contribution in [3.05, 3.63) is 0 Å². The van der Waals surface area contributed by atoms with Crippen molar-refractivity contribution in [2.45, 2.75) is 58.0 Å². The molecule has 0 spiro atoms. The number of carbonyl (C=O) groups is 2. The summed E-state index contributed by atoms with van der Waals surface area (Å²) >= 11 is 0. The van der Waals surface area contributed by atoms with Gasteiger partial charge in [0.15, 0.2) is 0 Å². The Morgan fingerprint density at radius 2 is 2.05 bits per heavy atom. The standard InChI is InChI=1S/C14H24N2O3/c1-14(2)5-3-10(4-6-14)16-8-7-15-13(19)11(16)9-12(17)18/h10-11H,3-9H2,1-2H3,(H,15,19)(H,17,18). The molecular weight excluding hydrogens is 244 g/mol. The van der Waals surface area contributed by atoms with Crippen LogP contribution in [0, 0.1) is 5.41 Å². The van der Waals surface area contributed by atoms with Gasteiger partial charge in [0.25, 0.3) is 0 Å². The van der Waals surface area contributed by atoms with Crippen molar-refractivity contribution in [2.75, 3.05) is 13.1 Å². The Balaban J connectivity index is 2.03. The van der Waals surface area contributed by atoms with Crippen LogP contribution in [0.5, 0.6) is 0 Å². The summed E-state index contributed by atoms with van der Waals surface area (Å²) in [5, 5.41) is 11.8. The van der Waals surface area contributed by atoms with Crippen molar-refractivity contribution in [3.63, 3.8) is 0 Å². The number of carboxylic acids is 1. The van der Waals surface area contributed by atoms with Gasteiger partial charge in [0.2, 0.25) is 5.91 Å². The molecular formula is C14H24N2O3. The lowest BCUT2D eigenvalue weighted by Gasteiger charge is -2.44. The van der Waals surface area contributed by atoms with Crippen LogP contribution < -0.4 is 5.32 Å². The number of nitrogens with zero attached hydrogens (tertiary/aromatic N) is 1. The lowest BCUT2D eigenvalue weighted by molar-refractivity contribution is -0.144. The molecule has 1 saturated carbocycles. The van der Waals surface area contributed by atoms with Gasteiger partial charge in [0.1, 0.15) is 0 Å². The molecule has 19 heavy (non-hydrogen) atoms. The highest BCUT2D eigenvalue weighted by molar-refractivity contribution is 5.86. The number of piperazine rings is 1. The number of nitrogens with one attached hydrogen (secondary N) is 1. The van der Waals surface area contributed by atoms with E-state index in [9.17, 15) is 9.59 Å². The third-order valence-electron chi connectivity index (χ3n) is 4.52. The smallest absolute Gasteiger partial charge is 0.305 e. The number of rotatable bonds is 3. The van der Waals surface area contributed by atoms with Gasteiger partial charge in [0.05, 0.1) is 12.5 Å². The largest absolute Gasteiger partial charge is 0.481 e. The third kappa shape index (κ3) is 3.47. The highest BCUT2D eigenvalue weighted by Gasteiger charge is 2.38. The van der Waals surface area contributed by atoms with Crippen molar-refractivity contribution >= 4 is 11.9 Å². The average Bonchev–Trinajstić information content (AvgIpc) is 2.32. The van der Waals surface area contributed by atoms with Crippen LogP contribution in [0.2, 0.25) is 0 Å². The van der Waals surface area contributed by atoms with Crippen molar-refractivity contribution in [1.29, 1.82) is 0 Å². The highest BCUT2D eigenvalue weighted by Crippen LogP contribution is 2.37. The van der Waals surface area contributed by atoms with Gasteiger partial charge in [-0.05, 0) is 31.1 Å². The lowest BCUT2D eigenvalue weighted by Crippen LogP contribution is -2.59. The first-order valence-corrected chi connectivity index (χ1v) is 7.14. The maximum absolute atomic E-state index is 11.9. The average molecular weight is 268 g/mol. The summed E-state index contributed by atoms with van der Waals surface area (Å²) in [5.74, 6) is -1.03. The van der Waals surface area contributed by atoms with E-state index in [1.165, 1.54) is 0 Å². The Hall–Kier alpha value is -1.10. The Morgan fingerprint density at radius 1 is 1.42 bits per heavy atom. The first-order chi connectivity index (χ1) is 8.89. The summed E-state index contributed by atoms with van der Waals surface area (Å²) in [5.41, 5.74) is 0.386.